The van der Waals surface area contributed by atoms with Crippen LogP contribution in [0.1, 0.15) is 31.4 Å². The van der Waals surface area contributed by atoms with E-state index in [0.29, 0.717) is 6.61 Å². The van der Waals surface area contributed by atoms with Crippen molar-refractivity contribution >= 4 is 17.5 Å². The molecule has 4 heteroatoms. The molecular weight excluding hydrogens is 250 g/mol. The van der Waals surface area contributed by atoms with Gasteiger partial charge in [0.05, 0.1) is 12.6 Å². The van der Waals surface area contributed by atoms with Crippen molar-refractivity contribution in [2.45, 2.75) is 25.8 Å². The third-order valence-electron chi connectivity index (χ3n) is 3.26. The van der Waals surface area contributed by atoms with Gasteiger partial charge in [0.25, 0.3) is 0 Å². The predicted molar refractivity (Wildman–Crippen MR) is 72.0 cm³/mol. The lowest BCUT2D eigenvalue weighted by atomic mass is 10.0. The average molecular weight is 268 g/mol. The monoisotopic (exact) mass is 267 g/mol. The molecule has 98 valence electrons. The van der Waals surface area contributed by atoms with E-state index in [4.69, 9.17) is 16.3 Å². The van der Waals surface area contributed by atoms with E-state index in [-0.39, 0.29) is 17.8 Å². The number of benzene rings is 1. The number of nitrogens with zero attached hydrogens (tertiary/aromatic N) is 1. The molecule has 2 rings (SSSR count). The molecule has 1 fully saturated rings. The third-order valence-corrected chi connectivity index (χ3v) is 3.49. The number of rotatable bonds is 4. The fraction of sp³-hybridized carbons (Fsp3) is 0.500. The lowest BCUT2D eigenvalue weighted by Crippen LogP contribution is -2.31. The maximum Gasteiger partial charge on any atom is 0.238 e. The van der Waals surface area contributed by atoms with E-state index in [1.54, 1.807) is 0 Å². The zero-order valence-electron chi connectivity index (χ0n) is 10.6. The molecule has 1 amide bonds. The minimum Gasteiger partial charge on any atom is -0.494 e. The number of amides is 1. The number of alkyl halides is 1. The summed E-state index contributed by atoms with van der Waals surface area (Å²) in [4.78, 5) is 13.6. The number of carbonyl (C=O) groups excluding carboxylic acids is 1. The minimum absolute atomic E-state index is 0.0213. The molecule has 3 nitrogen and oxygen atoms in total. The molecule has 0 radical (unpaired) electrons. The molecule has 1 atom stereocenters. The zero-order valence-corrected chi connectivity index (χ0v) is 11.3. The van der Waals surface area contributed by atoms with Crippen LogP contribution < -0.4 is 4.74 Å². The fourth-order valence-corrected chi connectivity index (χ4v) is 2.59. The normalized spacial score (nSPS) is 19.0. The van der Waals surface area contributed by atoms with Crippen molar-refractivity contribution in [3.05, 3.63) is 29.8 Å². The summed E-state index contributed by atoms with van der Waals surface area (Å²) in [5.74, 6) is 0.954. The van der Waals surface area contributed by atoms with Crippen molar-refractivity contribution in [1.82, 2.24) is 4.90 Å². The summed E-state index contributed by atoms with van der Waals surface area (Å²) in [6.07, 6.45) is 2.05. The third kappa shape index (κ3) is 2.78. The summed E-state index contributed by atoms with van der Waals surface area (Å²) in [6.45, 7) is 3.44. The molecule has 0 aromatic heterocycles. The van der Waals surface area contributed by atoms with E-state index in [2.05, 4.69) is 0 Å². The summed E-state index contributed by atoms with van der Waals surface area (Å²) in [7, 11) is 0. The van der Waals surface area contributed by atoms with Crippen LogP contribution in [0.3, 0.4) is 0 Å². The van der Waals surface area contributed by atoms with Crippen LogP contribution in [0.15, 0.2) is 24.3 Å². The Labute approximate surface area is 113 Å². The minimum atomic E-state index is 0.0213. The van der Waals surface area contributed by atoms with Crippen LogP contribution in [0.25, 0.3) is 0 Å². The maximum absolute atomic E-state index is 11.7. The van der Waals surface area contributed by atoms with Gasteiger partial charge in [-0.2, -0.15) is 0 Å². The zero-order chi connectivity index (χ0) is 13.0. The highest BCUT2D eigenvalue weighted by atomic mass is 35.5. The van der Waals surface area contributed by atoms with Gasteiger partial charge < -0.3 is 9.64 Å². The molecule has 1 aliphatic rings. The van der Waals surface area contributed by atoms with E-state index >= 15 is 0 Å². The van der Waals surface area contributed by atoms with Gasteiger partial charge in [0, 0.05) is 6.54 Å². The Bertz CT molecular complexity index is 405. The first-order chi connectivity index (χ1) is 8.76. The topological polar surface area (TPSA) is 29.5 Å². The summed E-state index contributed by atoms with van der Waals surface area (Å²) < 4.78 is 5.42. The van der Waals surface area contributed by atoms with E-state index in [0.717, 1.165) is 30.7 Å². The Morgan fingerprint density at radius 2 is 2.17 bits per heavy atom. The second-order valence-corrected chi connectivity index (χ2v) is 4.65. The van der Waals surface area contributed by atoms with Gasteiger partial charge in [0.15, 0.2) is 0 Å². The molecule has 1 aromatic rings. The standard InChI is InChI=1S/C14H18ClNO2/c1-2-18-12-7-5-11(6-8-12)13-4-3-9-16(13)14(17)10-15/h5-8,13H,2-4,9-10H2,1H3/t13-/m1/s1. The van der Waals surface area contributed by atoms with Gasteiger partial charge in [0.2, 0.25) is 5.91 Å². The van der Waals surface area contributed by atoms with Crippen LogP contribution in [0, 0.1) is 0 Å². The molecule has 1 aromatic carbocycles. The van der Waals surface area contributed by atoms with Gasteiger partial charge in [-0.15, -0.1) is 11.6 Å². The van der Waals surface area contributed by atoms with Crippen molar-refractivity contribution in [2.75, 3.05) is 19.0 Å². The van der Waals surface area contributed by atoms with Gasteiger partial charge in [-0.1, -0.05) is 12.1 Å². The second-order valence-electron chi connectivity index (χ2n) is 4.38. The van der Waals surface area contributed by atoms with Crippen molar-refractivity contribution in [3.63, 3.8) is 0 Å². The fourth-order valence-electron chi connectivity index (χ4n) is 2.44. The Kier molecular flexibility index (Phi) is 4.48. The van der Waals surface area contributed by atoms with E-state index in [1.165, 1.54) is 0 Å². The molecule has 1 heterocycles. The number of ether oxygens (including phenoxy) is 1. The number of carbonyl (C=O) groups is 1. The first-order valence-corrected chi connectivity index (χ1v) is 6.88. The van der Waals surface area contributed by atoms with Gasteiger partial charge in [-0.25, -0.2) is 0 Å². The number of likely N-dealkylation sites (tertiary alicyclic amines) is 1. The van der Waals surface area contributed by atoms with Crippen LogP contribution in [0.4, 0.5) is 0 Å². The van der Waals surface area contributed by atoms with E-state index < -0.39 is 0 Å². The Morgan fingerprint density at radius 1 is 1.44 bits per heavy atom. The highest BCUT2D eigenvalue weighted by Crippen LogP contribution is 2.32. The van der Waals surface area contributed by atoms with Crippen LogP contribution in [0.5, 0.6) is 5.75 Å². The van der Waals surface area contributed by atoms with Gasteiger partial charge in [0.1, 0.15) is 11.6 Å². The molecule has 1 saturated heterocycles. The Hall–Kier alpha value is -1.22. The van der Waals surface area contributed by atoms with Crippen LogP contribution in [-0.4, -0.2) is 29.8 Å². The summed E-state index contributed by atoms with van der Waals surface area (Å²) >= 11 is 5.64. The Morgan fingerprint density at radius 3 is 2.78 bits per heavy atom. The summed E-state index contributed by atoms with van der Waals surface area (Å²) in [5, 5.41) is 0. The molecular formula is C14H18ClNO2. The SMILES string of the molecule is CCOc1ccc([C@H]2CCCN2C(=O)CCl)cc1. The highest BCUT2D eigenvalue weighted by Gasteiger charge is 2.29. The largest absolute Gasteiger partial charge is 0.494 e. The van der Waals surface area contributed by atoms with Crippen molar-refractivity contribution in [2.24, 2.45) is 0 Å². The molecule has 1 aliphatic heterocycles. The Balaban J connectivity index is 2.12. The highest BCUT2D eigenvalue weighted by molar-refractivity contribution is 6.27. The van der Waals surface area contributed by atoms with Gasteiger partial charge in [-0.3, -0.25) is 4.79 Å². The molecule has 0 spiro atoms. The van der Waals surface area contributed by atoms with E-state index in [1.807, 2.05) is 36.1 Å². The smallest absolute Gasteiger partial charge is 0.238 e. The predicted octanol–water partition coefficient (Wildman–Crippen LogP) is 2.99. The van der Waals surface area contributed by atoms with Crippen LogP contribution >= 0.6 is 11.6 Å². The first kappa shape index (κ1) is 13.2. The lowest BCUT2D eigenvalue weighted by Gasteiger charge is -2.24. The van der Waals surface area contributed by atoms with Crippen LogP contribution in [0.2, 0.25) is 0 Å². The van der Waals surface area contributed by atoms with Gasteiger partial charge in [-0.05, 0) is 37.5 Å². The quantitative estimate of drug-likeness (QED) is 0.785. The van der Waals surface area contributed by atoms with Gasteiger partial charge >= 0.3 is 0 Å². The average Bonchev–Trinajstić information content (AvgIpc) is 2.88. The number of hydrogen-bond acceptors (Lipinski definition) is 2. The first-order valence-electron chi connectivity index (χ1n) is 6.34. The molecule has 0 saturated carbocycles. The molecule has 0 N–H and O–H groups in total. The maximum atomic E-state index is 11.7. The molecule has 18 heavy (non-hydrogen) atoms. The van der Waals surface area contributed by atoms with Crippen molar-refractivity contribution < 1.29 is 9.53 Å². The van der Waals surface area contributed by atoms with Crippen LogP contribution in [-0.2, 0) is 4.79 Å². The van der Waals surface area contributed by atoms with Crippen molar-refractivity contribution in [3.8, 4) is 5.75 Å². The number of hydrogen-bond donors (Lipinski definition) is 0. The summed E-state index contributed by atoms with van der Waals surface area (Å²) in [5.41, 5.74) is 1.16. The molecule has 0 aliphatic carbocycles. The molecule has 0 bridgehead atoms. The van der Waals surface area contributed by atoms with E-state index in [9.17, 15) is 4.79 Å². The lowest BCUT2D eigenvalue weighted by molar-refractivity contribution is -0.129. The van der Waals surface area contributed by atoms with Crippen molar-refractivity contribution in [1.29, 1.82) is 0 Å². The summed E-state index contributed by atoms with van der Waals surface area (Å²) in [6, 6.07) is 8.17. The molecule has 0 unspecified atom stereocenters. The number of halogens is 1. The second kappa shape index (κ2) is 6.10.